The summed E-state index contributed by atoms with van der Waals surface area (Å²) >= 11 is 0. The molecule has 5 rings (SSSR count). The molecule has 1 unspecified atom stereocenters. The van der Waals surface area contributed by atoms with Crippen molar-refractivity contribution >= 4 is 16.8 Å². The Morgan fingerprint density at radius 1 is 1.13 bits per heavy atom. The van der Waals surface area contributed by atoms with Crippen LogP contribution in [0.15, 0.2) is 48.9 Å². The zero-order chi connectivity index (χ0) is 21.3. The molecule has 3 heterocycles. The molecule has 4 nitrogen and oxygen atoms in total. The highest BCUT2D eigenvalue weighted by atomic mass is 16.2. The Kier molecular flexibility index (Phi) is 5.56. The van der Waals surface area contributed by atoms with Crippen LogP contribution in [0, 0.1) is 12.8 Å². The summed E-state index contributed by atoms with van der Waals surface area (Å²) in [4.78, 5) is 17.3. The maximum Gasteiger partial charge on any atom is 0.231 e. The number of amides is 1. The molecule has 1 aliphatic carbocycles. The second-order valence-corrected chi connectivity index (χ2v) is 9.65. The van der Waals surface area contributed by atoms with E-state index >= 15 is 0 Å². The van der Waals surface area contributed by atoms with E-state index in [4.69, 9.17) is 0 Å². The molecule has 1 N–H and O–H groups in total. The van der Waals surface area contributed by atoms with Crippen molar-refractivity contribution in [2.75, 3.05) is 6.54 Å². The Bertz CT molecular complexity index is 1060. The van der Waals surface area contributed by atoms with Crippen molar-refractivity contribution in [3.05, 3.63) is 65.6 Å². The van der Waals surface area contributed by atoms with Gasteiger partial charge in [0.2, 0.25) is 5.91 Å². The third-order valence-corrected chi connectivity index (χ3v) is 7.66. The smallest absolute Gasteiger partial charge is 0.231 e. The molecule has 1 saturated carbocycles. The predicted octanol–water partition coefficient (Wildman–Crippen LogP) is 5.32. The third kappa shape index (κ3) is 3.88. The molecule has 1 aromatic carbocycles. The lowest BCUT2D eigenvalue weighted by Gasteiger charge is -2.27. The van der Waals surface area contributed by atoms with Crippen LogP contribution >= 0.6 is 0 Å². The van der Waals surface area contributed by atoms with Gasteiger partial charge in [0.15, 0.2) is 0 Å². The van der Waals surface area contributed by atoms with Gasteiger partial charge in [-0.3, -0.25) is 9.78 Å². The normalized spacial score (nSPS) is 22.2. The predicted molar refractivity (Wildman–Crippen MR) is 125 cm³/mol. The summed E-state index contributed by atoms with van der Waals surface area (Å²) in [5, 5.41) is 4.41. The van der Waals surface area contributed by atoms with Crippen LogP contribution in [0.3, 0.4) is 0 Å². The highest BCUT2D eigenvalue weighted by Gasteiger charge is 2.44. The van der Waals surface area contributed by atoms with Gasteiger partial charge in [0.1, 0.15) is 0 Å². The van der Waals surface area contributed by atoms with Gasteiger partial charge in [0.25, 0.3) is 0 Å². The molecule has 162 valence electrons. The molecule has 2 aromatic heterocycles. The minimum atomic E-state index is -0.498. The molecule has 0 bridgehead atoms. The van der Waals surface area contributed by atoms with Gasteiger partial charge < -0.3 is 9.88 Å². The molecular weight excluding hydrogens is 382 g/mol. The average Bonchev–Trinajstić information content (AvgIpc) is 3.33. The first-order valence-electron chi connectivity index (χ1n) is 11.9. The number of carbonyl (C=O) groups excluding carboxylic acids is 1. The van der Waals surface area contributed by atoms with E-state index in [1.54, 1.807) is 0 Å². The lowest BCUT2D eigenvalue weighted by Crippen LogP contribution is -2.37. The summed E-state index contributed by atoms with van der Waals surface area (Å²) < 4.78 is 2.44. The van der Waals surface area contributed by atoms with Crippen LogP contribution in [0.25, 0.3) is 10.9 Å². The summed E-state index contributed by atoms with van der Waals surface area (Å²) in [5.41, 5.74) is 4.41. The van der Waals surface area contributed by atoms with Gasteiger partial charge in [-0.2, -0.15) is 0 Å². The van der Waals surface area contributed by atoms with E-state index in [0.717, 1.165) is 36.6 Å². The summed E-state index contributed by atoms with van der Waals surface area (Å²) in [7, 11) is 0. The fourth-order valence-electron chi connectivity index (χ4n) is 5.82. The van der Waals surface area contributed by atoms with E-state index in [1.807, 2.05) is 24.5 Å². The fourth-order valence-corrected chi connectivity index (χ4v) is 5.82. The van der Waals surface area contributed by atoms with Gasteiger partial charge >= 0.3 is 0 Å². The maximum atomic E-state index is 13.1. The minimum absolute atomic E-state index is 0.153. The first-order chi connectivity index (χ1) is 15.2. The number of rotatable bonds is 6. The molecule has 0 radical (unpaired) electrons. The summed E-state index contributed by atoms with van der Waals surface area (Å²) in [6.07, 6.45) is 15.7. The van der Waals surface area contributed by atoms with Gasteiger partial charge in [-0.1, -0.05) is 44.2 Å². The van der Waals surface area contributed by atoms with Crippen LogP contribution in [0.4, 0.5) is 0 Å². The van der Waals surface area contributed by atoms with Crippen molar-refractivity contribution in [1.29, 1.82) is 0 Å². The van der Waals surface area contributed by atoms with Crippen molar-refractivity contribution in [2.45, 2.75) is 70.3 Å². The highest BCUT2D eigenvalue weighted by molar-refractivity contribution is 5.93. The van der Waals surface area contributed by atoms with Crippen molar-refractivity contribution in [1.82, 2.24) is 14.9 Å². The Morgan fingerprint density at radius 2 is 1.94 bits per heavy atom. The lowest BCUT2D eigenvalue weighted by atomic mass is 9.74. The van der Waals surface area contributed by atoms with Gasteiger partial charge in [0, 0.05) is 42.6 Å². The number of aromatic nitrogens is 2. The number of nitrogens with zero attached hydrogens (tertiary/aromatic N) is 2. The molecule has 1 saturated heterocycles. The minimum Gasteiger partial charge on any atom is -0.355 e. The zero-order valence-corrected chi connectivity index (χ0v) is 18.6. The largest absolute Gasteiger partial charge is 0.355 e. The van der Waals surface area contributed by atoms with Crippen LogP contribution < -0.4 is 5.32 Å². The van der Waals surface area contributed by atoms with E-state index in [9.17, 15) is 4.79 Å². The van der Waals surface area contributed by atoms with Crippen molar-refractivity contribution < 1.29 is 4.79 Å². The number of fused-ring (bicyclic) bond motifs is 1. The zero-order valence-electron chi connectivity index (χ0n) is 18.6. The van der Waals surface area contributed by atoms with Gasteiger partial charge in [-0.25, -0.2) is 0 Å². The molecule has 1 amide bonds. The number of benzene rings is 1. The molecular formula is C27H33N3O. The Labute approximate surface area is 185 Å². The number of nitrogens with one attached hydrogen (secondary N) is 1. The first kappa shape index (κ1) is 20.3. The van der Waals surface area contributed by atoms with Crippen molar-refractivity contribution in [3.63, 3.8) is 0 Å². The Hall–Kier alpha value is -2.62. The molecule has 3 aromatic rings. The van der Waals surface area contributed by atoms with Crippen LogP contribution in [0.1, 0.15) is 61.6 Å². The number of pyridine rings is 1. The van der Waals surface area contributed by atoms with Crippen LogP contribution in [-0.4, -0.2) is 22.0 Å². The second-order valence-electron chi connectivity index (χ2n) is 9.65. The Balaban J connectivity index is 1.49. The Morgan fingerprint density at radius 3 is 2.68 bits per heavy atom. The SMILES string of the molecule is Cc1cn(CCC2CCCCC2)c2cc(C3(Cc4ccncc4)CCNC3=O)ccc12. The number of aryl methyl sites for hydroxylation is 2. The summed E-state index contributed by atoms with van der Waals surface area (Å²) in [6.45, 7) is 4.01. The van der Waals surface area contributed by atoms with Gasteiger partial charge in [0.05, 0.1) is 5.41 Å². The quantitative estimate of drug-likeness (QED) is 0.593. The average molecular weight is 416 g/mol. The molecule has 0 spiro atoms. The van der Waals surface area contributed by atoms with E-state index < -0.39 is 5.41 Å². The van der Waals surface area contributed by atoms with Gasteiger partial charge in [-0.05, 0) is 67.0 Å². The van der Waals surface area contributed by atoms with E-state index in [-0.39, 0.29) is 5.91 Å². The summed E-state index contributed by atoms with van der Waals surface area (Å²) in [5.74, 6) is 1.02. The molecule has 2 aliphatic rings. The number of hydrogen-bond donors (Lipinski definition) is 1. The van der Waals surface area contributed by atoms with E-state index in [0.29, 0.717) is 6.42 Å². The topological polar surface area (TPSA) is 46.9 Å². The highest BCUT2D eigenvalue weighted by Crippen LogP contribution is 2.38. The third-order valence-electron chi connectivity index (χ3n) is 7.66. The molecule has 4 heteroatoms. The molecule has 2 fully saturated rings. The number of carbonyl (C=O) groups is 1. The second kappa shape index (κ2) is 8.49. The fraction of sp³-hybridized carbons (Fsp3) is 0.481. The van der Waals surface area contributed by atoms with E-state index in [1.165, 1.54) is 55.0 Å². The van der Waals surface area contributed by atoms with Crippen LogP contribution in [-0.2, 0) is 23.2 Å². The monoisotopic (exact) mass is 415 g/mol. The summed E-state index contributed by atoms with van der Waals surface area (Å²) in [6, 6.07) is 10.8. The number of hydrogen-bond acceptors (Lipinski definition) is 2. The van der Waals surface area contributed by atoms with Crippen LogP contribution in [0.5, 0.6) is 0 Å². The molecule has 1 atom stereocenters. The van der Waals surface area contributed by atoms with Crippen LogP contribution in [0.2, 0.25) is 0 Å². The maximum absolute atomic E-state index is 13.1. The standard InChI is InChI=1S/C27H33N3O/c1-20-19-30(16-11-21-5-3-2-4-6-21)25-17-23(7-8-24(20)25)27(12-15-29-26(27)31)18-22-9-13-28-14-10-22/h7-10,13-14,17,19,21H,2-6,11-12,15-16,18H2,1H3,(H,29,31). The molecule has 1 aliphatic heterocycles. The first-order valence-corrected chi connectivity index (χ1v) is 11.9. The van der Waals surface area contributed by atoms with Crippen molar-refractivity contribution in [2.24, 2.45) is 5.92 Å². The lowest BCUT2D eigenvalue weighted by molar-refractivity contribution is -0.124. The van der Waals surface area contributed by atoms with E-state index in [2.05, 4.69) is 46.2 Å². The van der Waals surface area contributed by atoms with Crippen molar-refractivity contribution in [3.8, 4) is 0 Å². The molecule has 31 heavy (non-hydrogen) atoms. The van der Waals surface area contributed by atoms with Gasteiger partial charge in [-0.15, -0.1) is 0 Å².